The molecular weight excluding hydrogens is 486 g/mol. The minimum absolute atomic E-state index is 0.0187. The molecule has 0 atom stereocenters. The van der Waals surface area contributed by atoms with Crippen molar-refractivity contribution in [3.8, 4) is 5.75 Å². The number of anilines is 1. The summed E-state index contributed by atoms with van der Waals surface area (Å²) in [5.41, 5.74) is 0.460. The first-order valence-electron chi connectivity index (χ1n) is 11.1. The first-order valence-corrected chi connectivity index (χ1v) is 12.5. The van der Waals surface area contributed by atoms with E-state index in [0.717, 1.165) is 12.8 Å². The minimum atomic E-state index is -3.83. The maximum atomic E-state index is 12.5. The fraction of sp³-hybridized carbons (Fsp3) is 0.208. The lowest BCUT2D eigenvalue weighted by Crippen LogP contribution is -2.32. The van der Waals surface area contributed by atoms with Crippen LogP contribution in [0.5, 0.6) is 5.75 Å². The van der Waals surface area contributed by atoms with Crippen LogP contribution in [-0.4, -0.2) is 55.0 Å². The van der Waals surface area contributed by atoms with Gasteiger partial charge < -0.3 is 14.7 Å². The number of aromatic hydroxyl groups is 1. The van der Waals surface area contributed by atoms with Crippen molar-refractivity contribution >= 4 is 39.1 Å². The topological polar surface area (TPSA) is 151 Å². The van der Waals surface area contributed by atoms with Crippen LogP contribution in [0.4, 0.5) is 17.2 Å². The van der Waals surface area contributed by atoms with Crippen LogP contribution in [0.15, 0.2) is 82.0 Å². The Hall–Kier alpha value is -4.32. The molecule has 11 nitrogen and oxygen atoms in total. The Morgan fingerprint density at radius 2 is 1.69 bits per heavy atom. The standard InChI is InChI=1S/C24H23N5O6S/c30-21-11-8-18(15-20(21)24(32)35-16-23(31)29-13-3-4-14-29)27-26-17-6-9-19(10-7-17)36(33,34)28-22-5-1-2-12-25-22/h1-2,5-12,15,30H,3-4,13-14,16H2,(H,25,28). The summed E-state index contributed by atoms with van der Waals surface area (Å²) in [6.07, 6.45) is 3.33. The van der Waals surface area contributed by atoms with E-state index in [9.17, 15) is 23.1 Å². The predicted octanol–water partition coefficient (Wildman–Crippen LogP) is 3.78. The highest BCUT2D eigenvalue weighted by Crippen LogP contribution is 2.26. The first kappa shape index (κ1) is 24.8. The van der Waals surface area contributed by atoms with Crippen LogP contribution in [0.2, 0.25) is 0 Å². The SMILES string of the molecule is O=C(OCC(=O)N1CCCC1)c1cc(N=Nc2ccc(S(=O)(=O)Nc3ccccn3)cc2)ccc1O. The van der Waals surface area contributed by atoms with Crippen LogP contribution in [0.1, 0.15) is 23.2 Å². The van der Waals surface area contributed by atoms with Crippen molar-refractivity contribution in [1.29, 1.82) is 0 Å². The molecule has 0 bridgehead atoms. The van der Waals surface area contributed by atoms with E-state index in [2.05, 4.69) is 19.9 Å². The molecule has 4 rings (SSSR count). The molecule has 3 aromatic rings. The molecule has 0 spiro atoms. The van der Waals surface area contributed by atoms with Crippen LogP contribution < -0.4 is 4.72 Å². The molecule has 2 aromatic carbocycles. The maximum absolute atomic E-state index is 12.5. The van der Waals surface area contributed by atoms with Gasteiger partial charge in [0.1, 0.15) is 17.1 Å². The Morgan fingerprint density at radius 1 is 1.00 bits per heavy atom. The van der Waals surface area contributed by atoms with Crippen molar-refractivity contribution in [2.75, 3.05) is 24.4 Å². The molecule has 36 heavy (non-hydrogen) atoms. The number of ether oxygens (including phenoxy) is 1. The molecule has 0 unspecified atom stereocenters. The number of esters is 1. The highest BCUT2D eigenvalue weighted by Gasteiger charge is 2.21. The van der Waals surface area contributed by atoms with Gasteiger partial charge in [-0.3, -0.25) is 9.52 Å². The van der Waals surface area contributed by atoms with Crippen molar-refractivity contribution < 1.29 is 27.9 Å². The first-order chi connectivity index (χ1) is 17.3. The molecular formula is C24H23N5O6S. The molecule has 2 N–H and O–H groups in total. The number of phenols is 1. The van der Waals surface area contributed by atoms with Gasteiger partial charge in [-0.25, -0.2) is 18.2 Å². The summed E-state index contributed by atoms with van der Waals surface area (Å²) in [7, 11) is -3.83. The van der Waals surface area contributed by atoms with Crippen LogP contribution in [-0.2, 0) is 19.6 Å². The molecule has 1 aromatic heterocycles. The number of pyridine rings is 1. The van der Waals surface area contributed by atoms with Crippen LogP contribution in [0.25, 0.3) is 0 Å². The van der Waals surface area contributed by atoms with Gasteiger partial charge in [0, 0.05) is 19.3 Å². The van der Waals surface area contributed by atoms with E-state index in [0.29, 0.717) is 18.8 Å². The zero-order valence-corrected chi connectivity index (χ0v) is 19.9. The van der Waals surface area contributed by atoms with Gasteiger partial charge in [0.2, 0.25) is 0 Å². The lowest BCUT2D eigenvalue weighted by Gasteiger charge is -2.15. The van der Waals surface area contributed by atoms with Gasteiger partial charge in [0.05, 0.1) is 16.3 Å². The number of aromatic nitrogens is 1. The normalized spacial score (nSPS) is 13.6. The molecule has 1 aliphatic heterocycles. The summed E-state index contributed by atoms with van der Waals surface area (Å²) in [5.74, 6) is -1.25. The summed E-state index contributed by atoms with van der Waals surface area (Å²) in [4.78, 5) is 30.0. The lowest BCUT2D eigenvalue weighted by molar-refractivity contribution is -0.133. The van der Waals surface area contributed by atoms with Gasteiger partial charge in [-0.1, -0.05) is 6.07 Å². The highest BCUT2D eigenvalue weighted by atomic mass is 32.2. The van der Waals surface area contributed by atoms with Crippen LogP contribution in [0.3, 0.4) is 0 Å². The van der Waals surface area contributed by atoms with Crippen molar-refractivity contribution in [3.63, 3.8) is 0 Å². The number of carbonyl (C=O) groups is 2. The molecule has 186 valence electrons. The number of hydrogen-bond acceptors (Lipinski definition) is 9. The summed E-state index contributed by atoms with van der Waals surface area (Å²) < 4.78 is 32.4. The van der Waals surface area contributed by atoms with Crippen molar-refractivity contribution in [2.45, 2.75) is 17.7 Å². The third-order valence-corrected chi connectivity index (χ3v) is 6.69. The number of sulfonamides is 1. The second kappa shape index (κ2) is 11.0. The quantitative estimate of drug-likeness (QED) is 0.346. The summed E-state index contributed by atoms with van der Waals surface area (Å²) >= 11 is 0. The molecule has 1 amide bonds. The van der Waals surface area contributed by atoms with E-state index < -0.39 is 22.6 Å². The van der Waals surface area contributed by atoms with Gasteiger partial charge in [-0.2, -0.15) is 10.2 Å². The molecule has 1 aliphatic rings. The fourth-order valence-electron chi connectivity index (χ4n) is 3.44. The molecule has 1 fully saturated rings. The number of azo groups is 1. The van der Waals surface area contributed by atoms with Crippen molar-refractivity contribution in [2.24, 2.45) is 10.2 Å². The van der Waals surface area contributed by atoms with Gasteiger partial charge in [0.15, 0.2) is 6.61 Å². The second-order valence-electron chi connectivity index (χ2n) is 7.88. The van der Waals surface area contributed by atoms with Gasteiger partial charge in [-0.15, -0.1) is 0 Å². The van der Waals surface area contributed by atoms with Crippen LogP contribution in [0, 0.1) is 0 Å². The maximum Gasteiger partial charge on any atom is 0.342 e. The number of nitrogens with one attached hydrogen (secondary N) is 1. The lowest BCUT2D eigenvalue weighted by atomic mass is 10.2. The molecule has 12 heteroatoms. The van der Waals surface area contributed by atoms with E-state index in [4.69, 9.17) is 4.74 Å². The number of phenolic OH excluding ortho intramolecular Hbond substituents is 1. The smallest absolute Gasteiger partial charge is 0.342 e. The highest BCUT2D eigenvalue weighted by molar-refractivity contribution is 7.92. The Labute approximate surface area is 207 Å². The molecule has 1 saturated heterocycles. The zero-order chi connectivity index (χ0) is 25.5. The fourth-order valence-corrected chi connectivity index (χ4v) is 4.45. The minimum Gasteiger partial charge on any atom is -0.507 e. The number of hydrogen-bond donors (Lipinski definition) is 2. The Morgan fingerprint density at radius 3 is 2.39 bits per heavy atom. The number of nitrogens with zero attached hydrogens (tertiary/aromatic N) is 4. The van der Waals surface area contributed by atoms with E-state index >= 15 is 0 Å². The molecule has 0 radical (unpaired) electrons. The second-order valence-corrected chi connectivity index (χ2v) is 9.56. The van der Waals surface area contributed by atoms with E-state index in [1.54, 1.807) is 17.0 Å². The number of rotatable bonds is 8. The van der Waals surface area contributed by atoms with E-state index in [1.165, 1.54) is 54.7 Å². The predicted molar refractivity (Wildman–Crippen MR) is 130 cm³/mol. The van der Waals surface area contributed by atoms with Crippen molar-refractivity contribution in [3.05, 3.63) is 72.4 Å². The number of carbonyl (C=O) groups excluding carboxylic acids is 2. The van der Waals surface area contributed by atoms with Gasteiger partial charge >= 0.3 is 5.97 Å². The Balaban J connectivity index is 1.40. The largest absolute Gasteiger partial charge is 0.507 e. The number of benzene rings is 2. The molecule has 2 heterocycles. The average molecular weight is 510 g/mol. The summed E-state index contributed by atoms with van der Waals surface area (Å²) in [6, 6.07) is 14.6. The Kier molecular flexibility index (Phi) is 7.54. The zero-order valence-electron chi connectivity index (χ0n) is 19.1. The third-order valence-electron chi connectivity index (χ3n) is 5.32. The molecule has 0 saturated carbocycles. The monoisotopic (exact) mass is 509 g/mol. The average Bonchev–Trinajstić information content (AvgIpc) is 3.42. The summed E-state index contributed by atoms with van der Waals surface area (Å²) in [5, 5.41) is 18.1. The summed E-state index contributed by atoms with van der Waals surface area (Å²) in [6.45, 7) is 0.880. The number of amides is 1. The van der Waals surface area contributed by atoms with E-state index in [1.807, 2.05) is 0 Å². The van der Waals surface area contributed by atoms with Gasteiger partial charge in [-0.05, 0) is 67.4 Å². The molecule has 0 aliphatic carbocycles. The Bertz CT molecular complexity index is 1370. The van der Waals surface area contributed by atoms with Gasteiger partial charge in [0.25, 0.3) is 15.9 Å². The third kappa shape index (κ3) is 6.21. The van der Waals surface area contributed by atoms with Crippen LogP contribution >= 0.6 is 0 Å². The number of likely N-dealkylation sites (tertiary alicyclic amines) is 1. The van der Waals surface area contributed by atoms with Crippen molar-refractivity contribution in [1.82, 2.24) is 9.88 Å². The van der Waals surface area contributed by atoms with E-state index in [-0.39, 0.29) is 33.6 Å².